The molecule has 53 heavy (non-hydrogen) atoms. The third kappa shape index (κ3) is 10.7. The number of morpholine rings is 2. The molecule has 2 aliphatic heterocycles. The van der Waals surface area contributed by atoms with Gasteiger partial charge in [-0.15, -0.1) is 0 Å². The van der Waals surface area contributed by atoms with Crippen LogP contribution in [0.15, 0.2) is 107 Å². The molecule has 0 spiro atoms. The van der Waals surface area contributed by atoms with Crippen molar-refractivity contribution in [2.24, 2.45) is 0 Å². The first-order valence-corrected chi connectivity index (χ1v) is 21.2. The molecule has 0 aliphatic carbocycles. The fourth-order valence-electron chi connectivity index (χ4n) is 5.60. The Morgan fingerprint density at radius 1 is 0.547 bits per heavy atom. The number of carbonyl (C=O) groups is 2. The number of anilines is 2. The zero-order valence-corrected chi connectivity index (χ0v) is 32.8. The maximum absolute atomic E-state index is 13.5. The minimum atomic E-state index is -3.75. The standard InChI is InChI=1S/C38H38N4O6S5/c43-35(25-51-37(49)41-17-21-47-22-18-41)39-31-9-1-27(2-10-31)29-5-13-33(14-6-29)53(45,46)34-15-7-30(8-16-34)28-3-11-32(12-4-28)40-36(44)26-52-38(50)42-19-23-48-24-20-42/h1-16H,17-26H2,(H,39,43)(H,40,44). The van der Waals surface area contributed by atoms with Gasteiger partial charge in [-0.05, 0) is 70.8 Å². The first-order chi connectivity index (χ1) is 25.7. The van der Waals surface area contributed by atoms with Crippen LogP contribution >= 0.6 is 48.0 Å². The topological polar surface area (TPSA) is 117 Å². The number of thiocarbonyl (C=S) groups is 2. The van der Waals surface area contributed by atoms with Crippen LogP contribution in [0.4, 0.5) is 11.4 Å². The van der Waals surface area contributed by atoms with Crippen molar-refractivity contribution in [3.8, 4) is 22.3 Å². The van der Waals surface area contributed by atoms with Crippen LogP contribution in [0.1, 0.15) is 0 Å². The lowest BCUT2D eigenvalue weighted by Crippen LogP contribution is -2.39. The van der Waals surface area contributed by atoms with E-state index in [-0.39, 0.29) is 33.1 Å². The number of nitrogens with one attached hydrogen (secondary N) is 2. The molecule has 276 valence electrons. The number of thioether (sulfide) groups is 2. The smallest absolute Gasteiger partial charge is 0.234 e. The van der Waals surface area contributed by atoms with Crippen molar-refractivity contribution >= 4 is 89.6 Å². The fraction of sp³-hybridized carbons (Fsp3) is 0.263. The highest BCUT2D eigenvalue weighted by molar-refractivity contribution is 8.23. The SMILES string of the molecule is O=C(CSC(=S)N1CCOCC1)Nc1ccc(-c2ccc(S(=O)(=O)c3ccc(-c4ccc(NC(=O)CSC(=S)N5CCOCC5)cc4)cc3)cc2)cc1. The number of amides is 2. The minimum absolute atomic E-state index is 0.143. The van der Waals surface area contributed by atoms with E-state index < -0.39 is 9.84 Å². The third-order valence-corrected chi connectivity index (χ3v) is 13.4. The van der Waals surface area contributed by atoms with Crippen LogP contribution in [0.2, 0.25) is 0 Å². The number of benzene rings is 4. The van der Waals surface area contributed by atoms with Gasteiger partial charge in [0.05, 0.1) is 47.7 Å². The van der Waals surface area contributed by atoms with Gasteiger partial charge in [0.1, 0.15) is 8.64 Å². The van der Waals surface area contributed by atoms with E-state index in [1.807, 2.05) is 48.5 Å². The molecule has 0 atom stereocenters. The highest BCUT2D eigenvalue weighted by Gasteiger charge is 2.19. The van der Waals surface area contributed by atoms with E-state index in [0.29, 0.717) is 46.4 Å². The summed E-state index contributed by atoms with van der Waals surface area (Å²) in [4.78, 5) is 29.5. The average Bonchev–Trinajstić information content (AvgIpc) is 3.20. The van der Waals surface area contributed by atoms with Crippen molar-refractivity contribution in [2.75, 3.05) is 74.7 Å². The Morgan fingerprint density at radius 3 is 1.17 bits per heavy atom. The summed E-state index contributed by atoms with van der Waals surface area (Å²) >= 11 is 13.6. The van der Waals surface area contributed by atoms with Crippen molar-refractivity contribution in [2.45, 2.75) is 9.79 Å². The molecule has 0 aromatic heterocycles. The van der Waals surface area contributed by atoms with E-state index >= 15 is 0 Å². The van der Waals surface area contributed by atoms with Crippen LogP contribution < -0.4 is 10.6 Å². The highest BCUT2D eigenvalue weighted by atomic mass is 32.2. The fourth-order valence-corrected chi connectivity index (χ4v) is 8.97. The molecule has 0 radical (unpaired) electrons. The molecule has 6 rings (SSSR count). The maximum Gasteiger partial charge on any atom is 0.234 e. The number of sulfone groups is 1. The first kappa shape index (κ1) is 38.9. The molecule has 0 saturated carbocycles. The summed E-state index contributed by atoms with van der Waals surface area (Å²) in [6.07, 6.45) is 0. The molecule has 2 aliphatic rings. The summed E-state index contributed by atoms with van der Waals surface area (Å²) in [5, 5.41) is 5.80. The number of nitrogens with zero attached hydrogens (tertiary/aromatic N) is 2. The zero-order chi connectivity index (χ0) is 37.2. The van der Waals surface area contributed by atoms with Gasteiger partial charge in [0.2, 0.25) is 21.7 Å². The van der Waals surface area contributed by atoms with Gasteiger partial charge in [-0.2, -0.15) is 0 Å². The molecule has 4 aromatic rings. The van der Waals surface area contributed by atoms with E-state index in [1.54, 1.807) is 48.5 Å². The van der Waals surface area contributed by atoms with Crippen LogP contribution in [0, 0.1) is 0 Å². The van der Waals surface area contributed by atoms with Gasteiger partial charge >= 0.3 is 0 Å². The second-order valence-electron chi connectivity index (χ2n) is 12.1. The Morgan fingerprint density at radius 2 is 0.849 bits per heavy atom. The molecule has 0 unspecified atom stereocenters. The van der Waals surface area contributed by atoms with E-state index in [1.165, 1.54) is 23.5 Å². The predicted octanol–water partition coefficient (Wildman–Crippen LogP) is 6.43. The van der Waals surface area contributed by atoms with E-state index in [0.717, 1.165) is 48.4 Å². The van der Waals surface area contributed by atoms with Gasteiger partial charge in [0.15, 0.2) is 0 Å². The van der Waals surface area contributed by atoms with E-state index in [4.69, 9.17) is 33.9 Å². The maximum atomic E-state index is 13.5. The predicted molar refractivity (Wildman–Crippen MR) is 221 cm³/mol. The molecule has 0 bridgehead atoms. The van der Waals surface area contributed by atoms with Gasteiger partial charge in [0.25, 0.3) is 0 Å². The lowest BCUT2D eigenvalue weighted by molar-refractivity contribution is -0.114. The van der Waals surface area contributed by atoms with Crippen molar-refractivity contribution < 1.29 is 27.5 Å². The monoisotopic (exact) mass is 806 g/mol. The number of ether oxygens (including phenoxy) is 2. The minimum Gasteiger partial charge on any atom is -0.378 e. The van der Waals surface area contributed by atoms with Gasteiger partial charge in [0, 0.05) is 37.6 Å². The normalized spacial score (nSPS) is 14.7. The van der Waals surface area contributed by atoms with E-state index in [2.05, 4.69) is 20.4 Å². The quantitative estimate of drug-likeness (QED) is 0.172. The van der Waals surface area contributed by atoms with Gasteiger partial charge in [-0.3, -0.25) is 9.59 Å². The Balaban J connectivity index is 0.991. The zero-order valence-electron chi connectivity index (χ0n) is 28.7. The van der Waals surface area contributed by atoms with Crippen molar-refractivity contribution in [1.29, 1.82) is 0 Å². The summed E-state index contributed by atoms with van der Waals surface area (Å²) in [6.45, 7) is 5.52. The summed E-state index contributed by atoms with van der Waals surface area (Å²) in [6, 6.07) is 28.3. The number of hydrogen-bond donors (Lipinski definition) is 2. The average molecular weight is 807 g/mol. The third-order valence-electron chi connectivity index (χ3n) is 8.53. The van der Waals surface area contributed by atoms with Crippen LogP contribution in [-0.4, -0.2) is 103 Å². The van der Waals surface area contributed by atoms with Crippen LogP contribution in [-0.2, 0) is 28.9 Å². The molecule has 2 fully saturated rings. The number of hydrogen-bond acceptors (Lipinski definition) is 10. The largest absolute Gasteiger partial charge is 0.378 e. The van der Waals surface area contributed by atoms with Crippen molar-refractivity contribution in [1.82, 2.24) is 9.80 Å². The van der Waals surface area contributed by atoms with E-state index in [9.17, 15) is 18.0 Å². The second-order valence-corrected chi connectivity index (χ2v) is 17.3. The molecule has 2 N–H and O–H groups in total. The highest BCUT2D eigenvalue weighted by Crippen LogP contribution is 2.29. The summed E-state index contributed by atoms with van der Waals surface area (Å²) in [5.41, 5.74) is 4.79. The van der Waals surface area contributed by atoms with Crippen LogP contribution in [0.25, 0.3) is 22.3 Å². The molecule has 2 amide bonds. The Kier molecular flexibility index (Phi) is 13.6. The van der Waals surface area contributed by atoms with Gasteiger partial charge in [-0.25, -0.2) is 8.42 Å². The molecule has 4 aromatic carbocycles. The lowest BCUT2D eigenvalue weighted by atomic mass is 10.1. The second kappa shape index (κ2) is 18.5. The molecular formula is C38H38N4O6S5. The van der Waals surface area contributed by atoms with Crippen molar-refractivity contribution in [3.63, 3.8) is 0 Å². The molecule has 15 heteroatoms. The Hall–Kier alpha value is -3.83. The van der Waals surface area contributed by atoms with Gasteiger partial charge < -0.3 is 29.9 Å². The molecular weight excluding hydrogens is 769 g/mol. The summed E-state index contributed by atoms with van der Waals surface area (Å²) in [5.74, 6) is 0.154. The van der Waals surface area contributed by atoms with Crippen molar-refractivity contribution in [3.05, 3.63) is 97.1 Å². The number of carbonyl (C=O) groups excluding carboxylic acids is 2. The Labute approximate surface area is 328 Å². The Bertz CT molecular complexity index is 1870. The summed E-state index contributed by atoms with van der Waals surface area (Å²) in [7, 11) is -3.75. The lowest BCUT2D eigenvalue weighted by Gasteiger charge is -2.28. The molecule has 10 nitrogen and oxygen atoms in total. The van der Waals surface area contributed by atoms with Crippen LogP contribution in [0.3, 0.4) is 0 Å². The van der Waals surface area contributed by atoms with Gasteiger partial charge in [-0.1, -0.05) is 96.5 Å². The van der Waals surface area contributed by atoms with Crippen LogP contribution in [0.5, 0.6) is 0 Å². The molecule has 2 saturated heterocycles. The number of rotatable bonds is 10. The first-order valence-electron chi connectivity index (χ1n) is 16.9. The molecule has 2 heterocycles. The summed E-state index contributed by atoms with van der Waals surface area (Å²) < 4.78 is 39.1.